The van der Waals surface area contributed by atoms with Crippen LogP contribution in [0.1, 0.15) is 41.7 Å². The van der Waals surface area contributed by atoms with E-state index in [1.807, 2.05) is 30.3 Å². The van der Waals surface area contributed by atoms with Gasteiger partial charge in [-0.3, -0.25) is 13.7 Å². The Morgan fingerprint density at radius 2 is 1.89 bits per heavy atom. The maximum Gasteiger partial charge on any atom is 0.331 e. The zero-order valence-electron chi connectivity index (χ0n) is 18.4. The van der Waals surface area contributed by atoms with Crippen molar-refractivity contribution in [2.75, 3.05) is 0 Å². The van der Waals surface area contributed by atoms with Crippen molar-refractivity contribution in [3.05, 3.63) is 82.2 Å². The molecule has 6 rings (SSSR count). The third-order valence-electron chi connectivity index (χ3n) is 6.55. The summed E-state index contributed by atoms with van der Waals surface area (Å²) >= 11 is 0. The van der Waals surface area contributed by atoms with Crippen molar-refractivity contribution >= 4 is 22.2 Å². The van der Waals surface area contributed by atoms with Crippen LogP contribution < -0.4 is 5.69 Å². The number of aliphatic hydroxyl groups is 1. The number of hydrogen-bond donors (Lipinski definition) is 1. The molecular weight excluding hydrogens is 444 g/mol. The molecule has 1 unspecified atom stereocenters. The van der Waals surface area contributed by atoms with Gasteiger partial charge in [0.1, 0.15) is 18.4 Å². The fraction of sp³-hybridized carbons (Fsp3) is 0.200. The van der Waals surface area contributed by atoms with Crippen molar-refractivity contribution in [2.45, 2.75) is 31.5 Å². The average Bonchev–Trinajstić information content (AvgIpc) is 3.43. The van der Waals surface area contributed by atoms with Crippen molar-refractivity contribution in [3.8, 4) is 18.1 Å². The van der Waals surface area contributed by atoms with Gasteiger partial charge in [0.05, 0.1) is 47.1 Å². The third-order valence-corrected chi connectivity index (χ3v) is 6.55. The molecule has 10 nitrogen and oxygen atoms in total. The van der Waals surface area contributed by atoms with E-state index in [0.717, 1.165) is 11.1 Å². The highest BCUT2D eigenvalue weighted by Gasteiger charge is 2.31. The summed E-state index contributed by atoms with van der Waals surface area (Å²) in [6, 6.07) is 16.5. The first-order valence-electron chi connectivity index (χ1n) is 11.1. The van der Waals surface area contributed by atoms with Crippen LogP contribution in [-0.2, 0) is 6.54 Å². The molecule has 1 N–H and O–H groups in total. The predicted molar refractivity (Wildman–Crippen MR) is 126 cm³/mol. The number of benzene rings is 2. The molecule has 35 heavy (non-hydrogen) atoms. The van der Waals surface area contributed by atoms with E-state index in [1.165, 1.54) is 10.8 Å². The monoisotopic (exact) mass is 462 g/mol. The third kappa shape index (κ3) is 3.12. The van der Waals surface area contributed by atoms with E-state index in [0.29, 0.717) is 46.6 Å². The number of hydrogen-bond acceptors (Lipinski definition) is 7. The molecule has 0 spiro atoms. The number of imidazole rings is 2. The Hall–Kier alpha value is -4.80. The predicted octanol–water partition coefficient (Wildman–Crippen LogP) is 2.74. The van der Waals surface area contributed by atoms with Gasteiger partial charge in [-0.1, -0.05) is 24.3 Å². The van der Waals surface area contributed by atoms with Gasteiger partial charge in [-0.15, -0.1) is 0 Å². The van der Waals surface area contributed by atoms with Crippen LogP contribution >= 0.6 is 0 Å². The molecule has 0 amide bonds. The van der Waals surface area contributed by atoms with Gasteiger partial charge in [-0.25, -0.2) is 14.8 Å². The molecule has 170 valence electrons. The molecule has 0 saturated heterocycles. The van der Waals surface area contributed by atoms with Gasteiger partial charge >= 0.3 is 5.69 Å². The lowest BCUT2D eigenvalue weighted by Crippen LogP contribution is -2.30. The normalized spacial score (nSPS) is 17.2. The van der Waals surface area contributed by atoms with Gasteiger partial charge in [0.2, 0.25) is 5.95 Å². The van der Waals surface area contributed by atoms with Crippen LogP contribution in [-0.4, -0.2) is 33.8 Å². The molecule has 0 fully saturated rings. The molecule has 0 radical (unpaired) electrons. The lowest BCUT2D eigenvalue weighted by molar-refractivity contribution is 0.147. The molecule has 2 atom stereocenters. The SMILES string of the molecule is N#CCn1c(=O)n(C2CC[C@@H](O)c3ccccc32)c2nc(-n3cnc4ccc(C#N)cc43)ncc21. The first-order chi connectivity index (χ1) is 17.1. The fourth-order valence-electron chi connectivity index (χ4n) is 4.92. The van der Waals surface area contributed by atoms with Crippen LogP contribution in [0.4, 0.5) is 0 Å². The fourth-order valence-corrected chi connectivity index (χ4v) is 4.92. The number of fused-ring (bicyclic) bond motifs is 3. The summed E-state index contributed by atoms with van der Waals surface area (Å²) in [6.45, 7) is -0.137. The van der Waals surface area contributed by atoms with Crippen LogP contribution in [0.25, 0.3) is 28.1 Å². The molecule has 0 saturated carbocycles. The molecule has 1 aliphatic rings. The van der Waals surface area contributed by atoms with Crippen molar-refractivity contribution in [1.82, 2.24) is 28.7 Å². The van der Waals surface area contributed by atoms with Gasteiger partial charge < -0.3 is 5.11 Å². The van der Waals surface area contributed by atoms with E-state index >= 15 is 0 Å². The highest BCUT2D eigenvalue weighted by Crippen LogP contribution is 2.38. The Labute approximate surface area is 198 Å². The first kappa shape index (κ1) is 20.8. The van der Waals surface area contributed by atoms with E-state index in [-0.39, 0.29) is 18.3 Å². The van der Waals surface area contributed by atoms with Crippen LogP contribution in [0.2, 0.25) is 0 Å². The highest BCUT2D eigenvalue weighted by molar-refractivity contribution is 5.79. The lowest BCUT2D eigenvalue weighted by Gasteiger charge is -2.29. The smallest absolute Gasteiger partial charge is 0.331 e. The van der Waals surface area contributed by atoms with E-state index in [9.17, 15) is 20.4 Å². The molecule has 3 aromatic heterocycles. The van der Waals surface area contributed by atoms with Crippen LogP contribution in [0.3, 0.4) is 0 Å². The summed E-state index contributed by atoms with van der Waals surface area (Å²) in [5.41, 5.74) is 3.96. The molecule has 1 aliphatic carbocycles. The molecule has 2 aromatic carbocycles. The van der Waals surface area contributed by atoms with Gasteiger partial charge in [0.15, 0.2) is 5.65 Å². The minimum absolute atomic E-state index is 0.137. The van der Waals surface area contributed by atoms with Gasteiger partial charge in [-0.2, -0.15) is 15.5 Å². The van der Waals surface area contributed by atoms with Gasteiger partial charge in [0, 0.05) is 0 Å². The van der Waals surface area contributed by atoms with Crippen LogP contribution in [0, 0.1) is 22.7 Å². The highest BCUT2D eigenvalue weighted by atomic mass is 16.3. The number of aromatic nitrogens is 6. The Morgan fingerprint density at radius 3 is 2.69 bits per heavy atom. The van der Waals surface area contributed by atoms with Crippen LogP contribution in [0.15, 0.2) is 59.8 Å². The van der Waals surface area contributed by atoms with E-state index in [2.05, 4.69) is 16.0 Å². The zero-order valence-corrected chi connectivity index (χ0v) is 18.4. The quantitative estimate of drug-likeness (QED) is 0.435. The number of aliphatic hydroxyl groups excluding tert-OH is 1. The molecule has 3 heterocycles. The van der Waals surface area contributed by atoms with E-state index < -0.39 is 6.10 Å². The van der Waals surface area contributed by atoms with E-state index in [1.54, 1.807) is 33.7 Å². The minimum Gasteiger partial charge on any atom is -0.388 e. The number of rotatable bonds is 3. The summed E-state index contributed by atoms with van der Waals surface area (Å²) in [5, 5.41) is 29.2. The Kier molecular flexibility index (Phi) is 4.69. The topological polar surface area (TPSA) is 138 Å². The summed E-state index contributed by atoms with van der Waals surface area (Å²) < 4.78 is 4.64. The standard InChI is InChI=1S/C25H18N8O2/c26-9-10-31-21-13-28-24(32-14-29-18-6-5-15(12-27)11-20(18)32)30-23(21)33(25(31)35)19-7-8-22(34)17-4-2-1-3-16(17)19/h1-6,11,13-14,19,22,34H,7-8,10H2/t19?,22-/m1/s1. The van der Waals surface area contributed by atoms with Crippen LogP contribution in [0.5, 0.6) is 0 Å². The maximum atomic E-state index is 13.6. The number of nitriles is 2. The van der Waals surface area contributed by atoms with Crippen molar-refractivity contribution in [2.24, 2.45) is 0 Å². The number of nitrogens with zero attached hydrogens (tertiary/aromatic N) is 8. The van der Waals surface area contributed by atoms with E-state index in [4.69, 9.17) is 4.98 Å². The summed E-state index contributed by atoms with van der Waals surface area (Å²) in [4.78, 5) is 27.1. The van der Waals surface area contributed by atoms with Gasteiger partial charge in [-0.05, 0) is 42.2 Å². The molecular formula is C25H18N8O2. The lowest BCUT2D eigenvalue weighted by atomic mass is 9.85. The molecule has 5 aromatic rings. The maximum absolute atomic E-state index is 13.6. The largest absolute Gasteiger partial charge is 0.388 e. The Balaban J connectivity index is 1.61. The summed E-state index contributed by atoms with van der Waals surface area (Å²) in [7, 11) is 0. The minimum atomic E-state index is -0.595. The average molecular weight is 462 g/mol. The van der Waals surface area contributed by atoms with Gasteiger partial charge in [0.25, 0.3) is 0 Å². The first-order valence-corrected chi connectivity index (χ1v) is 11.1. The molecule has 10 heteroatoms. The van der Waals surface area contributed by atoms with Crippen molar-refractivity contribution in [3.63, 3.8) is 0 Å². The Morgan fingerprint density at radius 1 is 1.06 bits per heavy atom. The second-order valence-corrected chi connectivity index (χ2v) is 8.44. The second kappa shape index (κ2) is 7.90. The van der Waals surface area contributed by atoms with Crippen molar-refractivity contribution in [1.29, 1.82) is 10.5 Å². The molecule has 0 bridgehead atoms. The molecule has 0 aliphatic heterocycles. The summed E-state index contributed by atoms with van der Waals surface area (Å²) in [6.07, 6.45) is 3.56. The van der Waals surface area contributed by atoms with Crippen molar-refractivity contribution < 1.29 is 5.11 Å². The zero-order chi connectivity index (χ0) is 24.1. The summed E-state index contributed by atoms with van der Waals surface area (Å²) in [5.74, 6) is 0.294. The Bertz CT molecular complexity index is 1760. The second-order valence-electron chi connectivity index (χ2n) is 8.44.